The van der Waals surface area contributed by atoms with Crippen LogP contribution in [-0.2, 0) is 13.1 Å². The first kappa shape index (κ1) is 14.5. The molecule has 1 aliphatic rings. The van der Waals surface area contributed by atoms with Crippen LogP contribution in [0.5, 0.6) is 0 Å². The number of rotatable bonds is 5. The van der Waals surface area contributed by atoms with E-state index in [0.717, 1.165) is 18.8 Å². The van der Waals surface area contributed by atoms with E-state index in [1.165, 1.54) is 31.5 Å². The van der Waals surface area contributed by atoms with Crippen molar-refractivity contribution in [2.75, 3.05) is 6.54 Å². The van der Waals surface area contributed by atoms with Crippen molar-refractivity contribution in [3.63, 3.8) is 0 Å². The van der Waals surface area contributed by atoms with Crippen LogP contribution >= 0.6 is 0 Å². The first-order valence-electron chi connectivity index (χ1n) is 7.57. The minimum atomic E-state index is 0.507. The van der Waals surface area contributed by atoms with E-state index in [0.29, 0.717) is 12.1 Å². The number of pyridine rings is 1. The van der Waals surface area contributed by atoms with Gasteiger partial charge in [0.25, 0.3) is 0 Å². The molecular weight excluding hydrogens is 234 g/mol. The van der Waals surface area contributed by atoms with E-state index in [4.69, 9.17) is 4.98 Å². The number of nitrogens with zero attached hydrogens (tertiary/aromatic N) is 2. The molecule has 0 saturated carbocycles. The van der Waals surface area contributed by atoms with Gasteiger partial charge in [-0.25, -0.2) is 0 Å². The van der Waals surface area contributed by atoms with Crippen molar-refractivity contribution < 1.29 is 0 Å². The Balaban J connectivity index is 1.94. The summed E-state index contributed by atoms with van der Waals surface area (Å²) in [6.45, 7) is 9.75. The van der Waals surface area contributed by atoms with Crippen molar-refractivity contribution >= 4 is 0 Å². The van der Waals surface area contributed by atoms with Crippen molar-refractivity contribution in [1.82, 2.24) is 15.2 Å². The zero-order valence-electron chi connectivity index (χ0n) is 12.5. The average Bonchev–Trinajstić information content (AvgIpc) is 2.40. The highest BCUT2D eigenvalue weighted by molar-refractivity contribution is 5.11. The van der Waals surface area contributed by atoms with Crippen molar-refractivity contribution in [3.8, 4) is 0 Å². The van der Waals surface area contributed by atoms with Gasteiger partial charge in [-0.15, -0.1) is 0 Å². The summed E-state index contributed by atoms with van der Waals surface area (Å²) in [5.41, 5.74) is 2.35. The number of hydrogen-bond donors (Lipinski definition) is 1. The molecule has 2 heterocycles. The lowest BCUT2D eigenvalue weighted by Gasteiger charge is -2.33. The second kappa shape index (κ2) is 7.01. The van der Waals surface area contributed by atoms with E-state index in [1.807, 2.05) is 0 Å². The smallest absolute Gasteiger partial charge is 0.0547 e. The highest BCUT2D eigenvalue weighted by Crippen LogP contribution is 2.18. The van der Waals surface area contributed by atoms with Crippen LogP contribution in [0.3, 0.4) is 0 Å². The van der Waals surface area contributed by atoms with E-state index in [-0.39, 0.29) is 0 Å². The third kappa shape index (κ3) is 4.59. The molecule has 106 valence electrons. The zero-order chi connectivity index (χ0) is 13.7. The molecule has 1 aliphatic heterocycles. The SMILES string of the molecule is CC(C)NCc1cccc(CN2CCCCC2C)n1. The van der Waals surface area contributed by atoms with Crippen LogP contribution in [0, 0.1) is 0 Å². The molecule has 1 unspecified atom stereocenters. The van der Waals surface area contributed by atoms with Gasteiger partial charge in [-0.3, -0.25) is 9.88 Å². The Morgan fingerprint density at radius 1 is 1.32 bits per heavy atom. The topological polar surface area (TPSA) is 28.2 Å². The van der Waals surface area contributed by atoms with Gasteiger partial charge in [0, 0.05) is 25.2 Å². The molecule has 0 aromatic carbocycles. The van der Waals surface area contributed by atoms with Crippen molar-refractivity contribution in [3.05, 3.63) is 29.6 Å². The Kier molecular flexibility index (Phi) is 5.34. The van der Waals surface area contributed by atoms with Crippen LogP contribution in [0.1, 0.15) is 51.4 Å². The third-order valence-corrected chi connectivity index (χ3v) is 3.86. The lowest BCUT2D eigenvalue weighted by Crippen LogP contribution is -2.37. The van der Waals surface area contributed by atoms with Gasteiger partial charge < -0.3 is 5.32 Å². The summed E-state index contributed by atoms with van der Waals surface area (Å²) >= 11 is 0. The minimum absolute atomic E-state index is 0.507. The standard InChI is InChI=1S/C16H27N3/c1-13(2)17-11-15-8-6-9-16(18-15)12-19-10-5-4-7-14(19)3/h6,8-9,13-14,17H,4-5,7,10-12H2,1-3H3. The van der Waals surface area contributed by atoms with E-state index in [1.54, 1.807) is 0 Å². The number of nitrogens with one attached hydrogen (secondary N) is 1. The van der Waals surface area contributed by atoms with Gasteiger partial charge in [-0.2, -0.15) is 0 Å². The summed E-state index contributed by atoms with van der Waals surface area (Å²) in [5, 5.41) is 3.43. The molecule has 0 amide bonds. The molecule has 1 atom stereocenters. The molecule has 2 rings (SSSR count). The molecule has 0 radical (unpaired) electrons. The van der Waals surface area contributed by atoms with Gasteiger partial charge in [-0.05, 0) is 38.4 Å². The molecule has 3 nitrogen and oxygen atoms in total. The highest BCUT2D eigenvalue weighted by Gasteiger charge is 2.18. The van der Waals surface area contributed by atoms with E-state index in [2.05, 4.69) is 49.2 Å². The summed E-state index contributed by atoms with van der Waals surface area (Å²) in [7, 11) is 0. The maximum Gasteiger partial charge on any atom is 0.0547 e. The first-order valence-corrected chi connectivity index (χ1v) is 7.57. The molecule has 1 fully saturated rings. The molecule has 1 saturated heterocycles. The van der Waals surface area contributed by atoms with E-state index < -0.39 is 0 Å². The molecule has 1 N–H and O–H groups in total. The zero-order valence-corrected chi connectivity index (χ0v) is 12.5. The van der Waals surface area contributed by atoms with Gasteiger partial charge in [-0.1, -0.05) is 26.3 Å². The quantitative estimate of drug-likeness (QED) is 0.883. The highest BCUT2D eigenvalue weighted by atomic mass is 15.2. The van der Waals surface area contributed by atoms with Crippen LogP contribution in [0.4, 0.5) is 0 Å². The number of piperidine rings is 1. The van der Waals surface area contributed by atoms with Gasteiger partial charge >= 0.3 is 0 Å². The van der Waals surface area contributed by atoms with Gasteiger partial charge in [0.05, 0.1) is 11.4 Å². The fourth-order valence-electron chi connectivity index (χ4n) is 2.63. The third-order valence-electron chi connectivity index (χ3n) is 3.86. The van der Waals surface area contributed by atoms with Gasteiger partial charge in [0.15, 0.2) is 0 Å². The van der Waals surface area contributed by atoms with E-state index >= 15 is 0 Å². The average molecular weight is 261 g/mol. The molecule has 1 aromatic heterocycles. The van der Waals surface area contributed by atoms with Crippen LogP contribution < -0.4 is 5.32 Å². The normalized spacial score (nSPS) is 20.9. The Bertz CT molecular complexity index is 389. The van der Waals surface area contributed by atoms with Gasteiger partial charge in [0.2, 0.25) is 0 Å². The summed E-state index contributed by atoms with van der Waals surface area (Å²) in [6.07, 6.45) is 4.04. The molecule has 19 heavy (non-hydrogen) atoms. The summed E-state index contributed by atoms with van der Waals surface area (Å²) in [5.74, 6) is 0. The molecule has 0 aliphatic carbocycles. The number of hydrogen-bond acceptors (Lipinski definition) is 3. The first-order chi connectivity index (χ1) is 9.15. The maximum atomic E-state index is 4.77. The van der Waals surface area contributed by atoms with Crippen molar-refractivity contribution in [2.45, 2.75) is 65.2 Å². The molecular formula is C16H27N3. The second-order valence-electron chi connectivity index (χ2n) is 5.97. The summed E-state index contributed by atoms with van der Waals surface area (Å²) < 4.78 is 0. The van der Waals surface area contributed by atoms with Crippen LogP contribution in [0.25, 0.3) is 0 Å². The Morgan fingerprint density at radius 2 is 2.11 bits per heavy atom. The van der Waals surface area contributed by atoms with Crippen LogP contribution in [-0.4, -0.2) is 28.5 Å². The fourth-order valence-corrected chi connectivity index (χ4v) is 2.63. The van der Waals surface area contributed by atoms with Crippen molar-refractivity contribution in [1.29, 1.82) is 0 Å². The Labute approximate surface area is 117 Å². The molecule has 0 spiro atoms. The predicted octanol–water partition coefficient (Wildman–Crippen LogP) is 2.95. The van der Waals surface area contributed by atoms with Crippen LogP contribution in [0.15, 0.2) is 18.2 Å². The van der Waals surface area contributed by atoms with Gasteiger partial charge in [0.1, 0.15) is 0 Å². The predicted molar refractivity (Wildman–Crippen MR) is 79.9 cm³/mol. The molecule has 1 aromatic rings. The molecule has 0 bridgehead atoms. The number of aromatic nitrogens is 1. The molecule has 3 heteroatoms. The van der Waals surface area contributed by atoms with Crippen LogP contribution in [0.2, 0.25) is 0 Å². The Morgan fingerprint density at radius 3 is 2.84 bits per heavy atom. The lowest BCUT2D eigenvalue weighted by atomic mass is 10.0. The summed E-state index contributed by atoms with van der Waals surface area (Å²) in [4.78, 5) is 7.33. The maximum absolute atomic E-state index is 4.77. The summed E-state index contributed by atoms with van der Waals surface area (Å²) in [6, 6.07) is 7.60. The lowest BCUT2D eigenvalue weighted by molar-refractivity contribution is 0.151. The van der Waals surface area contributed by atoms with Crippen molar-refractivity contribution in [2.24, 2.45) is 0 Å². The Hall–Kier alpha value is -0.930. The fraction of sp³-hybridized carbons (Fsp3) is 0.688. The van der Waals surface area contributed by atoms with E-state index in [9.17, 15) is 0 Å². The monoisotopic (exact) mass is 261 g/mol. The second-order valence-corrected chi connectivity index (χ2v) is 5.97. The number of likely N-dealkylation sites (tertiary alicyclic amines) is 1. The minimum Gasteiger partial charge on any atom is -0.309 e. The largest absolute Gasteiger partial charge is 0.309 e.